The molecule has 0 amide bonds. The zero-order valence-electron chi connectivity index (χ0n) is 10.2. The maximum Gasteiger partial charge on any atom is 0.0459 e. The van der Waals surface area contributed by atoms with Gasteiger partial charge in [0, 0.05) is 11.5 Å². The molecule has 0 saturated heterocycles. The molecule has 2 heteroatoms. The summed E-state index contributed by atoms with van der Waals surface area (Å²) in [5.41, 5.74) is 0. The lowest BCUT2D eigenvalue weighted by Gasteiger charge is -2.15. The molecule has 0 bridgehead atoms. The summed E-state index contributed by atoms with van der Waals surface area (Å²) in [6, 6.07) is 10.5. The summed E-state index contributed by atoms with van der Waals surface area (Å²) in [7, 11) is 0. The molecule has 0 aliphatic carbocycles. The van der Waals surface area contributed by atoms with E-state index < -0.39 is 0 Å². The van der Waals surface area contributed by atoms with Gasteiger partial charge in [-0.15, -0.1) is 11.8 Å². The summed E-state index contributed by atoms with van der Waals surface area (Å²) in [6.07, 6.45) is 2.24. The van der Waals surface area contributed by atoms with Gasteiger partial charge in [-0.1, -0.05) is 32.0 Å². The predicted molar refractivity (Wildman–Crippen MR) is 71.8 cm³/mol. The number of hydrogen-bond acceptors (Lipinski definition) is 2. The fourth-order valence-corrected chi connectivity index (χ4v) is 2.85. The van der Waals surface area contributed by atoms with Crippen molar-refractivity contribution in [1.29, 1.82) is 0 Å². The van der Waals surface area contributed by atoms with Gasteiger partial charge in [-0.25, -0.2) is 0 Å². The Morgan fingerprint density at radius 1 is 1.19 bits per heavy atom. The normalized spacial score (nSPS) is 13.0. The van der Waals surface area contributed by atoms with Crippen LogP contribution in [0.25, 0.3) is 0 Å². The smallest absolute Gasteiger partial charge is 0.0459 e. The molecule has 0 heterocycles. The van der Waals surface area contributed by atoms with Gasteiger partial charge in [0.05, 0.1) is 0 Å². The highest BCUT2D eigenvalue weighted by atomic mass is 32.2. The molecule has 0 aromatic heterocycles. The van der Waals surface area contributed by atoms with Crippen molar-refractivity contribution in [3.63, 3.8) is 0 Å². The summed E-state index contributed by atoms with van der Waals surface area (Å²) in [5.74, 6) is 2.25. The van der Waals surface area contributed by atoms with Gasteiger partial charge < -0.3 is 5.11 Å². The Kier molecular flexibility index (Phi) is 6.58. The quantitative estimate of drug-likeness (QED) is 0.729. The molecule has 1 nitrogen and oxygen atoms in total. The third kappa shape index (κ3) is 5.57. The summed E-state index contributed by atoms with van der Waals surface area (Å²) in [4.78, 5) is 1.32. The zero-order valence-corrected chi connectivity index (χ0v) is 11.0. The molecular formula is C14H22OS. The van der Waals surface area contributed by atoms with E-state index in [1.807, 2.05) is 17.8 Å². The molecule has 1 unspecified atom stereocenters. The molecule has 0 aliphatic rings. The van der Waals surface area contributed by atoms with E-state index in [9.17, 15) is 5.11 Å². The van der Waals surface area contributed by atoms with Crippen LogP contribution in [0.5, 0.6) is 0 Å². The van der Waals surface area contributed by atoms with E-state index in [1.54, 1.807) is 0 Å². The first-order valence-electron chi connectivity index (χ1n) is 6.01. The van der Waals surface area contributed by atoms with Gasteiger partial charge >= 0.3 is 0 Å². The third-order valence-electron chi connectivity index (χ3n) is 2.60. The molecule has 1 aromatic carbocycles. The zero-order chi connectivity index (χ0) is 11.8. The lowest BCUT2D eigenvalue weighted by molar-refractivity contribution is 0.203. The van der Waals surface area contributed by atoms with Crippen LogP contribution in [-0.2, 0) is 0 Å². The monoisotopic (exact) mass is 238 g/mol. The maximum absolute atomic E-state index is 9.26. The summed E-state index contributed by atoms with van der Waals surface area (Å²) in [6.45, 7) is 4.76. The molecule has 1 atom stereocenters. The Bertz CT molecular complexity index is 271. The van der Waals surface area contributed by atoms with Gasteiger partial charge in [-0.3, -0.25) is 0 Å². The van der Waals surface area contributed by atoms with E-state index in [2.05, 4.69) is 38.1 Å². The van der Waals surface area contributed by atoms with E-state index in [1.165, 1.54) is 4.90 Å². The van der Waals surface area contributed by atoms with Crippen LogP contribution in [-0.4, -0.2) is 17.5 Å². The Hall–Kier alpha value is -0.470. The van der Waals surface area contributed by atoms with Crippen molar-refractivity contribution in [2.75, 3.05) is 12.4 Å². The van der Waals surface area contributed by atoms with Crippen LogP contribution in [0.4, 0.5) is 0 Å². The van der Waals surface area contributed by atoms with E-state index >= 15 is 0 Å². The standard InChI is InChI=1S/C14H22OS/c1-12(2)10-13(11-15)8-9-16-14-6-4-3-5-7-14/h3-7,12-13,15H,8-11H2,1-2H3. The van der Waals surface area contributed by atoms with Gasteiger partial charge in [0.15, 0.2) is 0 Å². The van der Waals surface area contributed by atoms with E-state index in [-0.39, 0.29) is 0 Å². The lowest BCUT2D eigenvalue weighted by Crippen LogP contribution is -2.10. The van der Waals surface area contributed by atoms with Crippen LogP contribution in [0.15, 0.2) is 35.2 Å². The number of hydrogen-bond donors (Lipinski definition) is 1. The second-order valence-electron chi connectivity index (χ2n) is 4.63. The fraction of sp³-hybridized carbons (Fsp3) is 0.571. The first-order valence-corrected chi connectivity index (χ1v) is 6.99. The number of aliphatic hydroxyl groups is 1. The number of rotatable bonds is 7. The van der Waals surface area contributed by atoms with Gasteiger partial charge in [0.1, 0.15) is 0 Å². The third-order valence-corrected chi connectivity index (χ3v) is 3.65. The van der Waals surface area contributed by atoms with Crippen molar-refractivity contribution < 1.29 is 5.11 Å². The topological polar surface area (TPSA) is 20.2 Å². The van der Waals surface area contributed by atoms with E-state index in [4.69, 9.17) is 0 Å². The molecule has 1 aromatic rings. The minimum Gasteiger partial charge on any atom is -0.396 e. The SMILES string of the molecule is CC(C)CC(CO)CCSc1ccccc1. The largest absolute Gasteiger partial charge is 0.396 e. The average molecular weight is 238 g/mol. The Labute approximate surface area is 103 Å². The predicted octanol–water partition coefficient (Wildman–Crippen LogP) is 3.82. The molecule has 0 fully saturated rings. The lowest BCUT2D eigenvalue weighted by atomic mass is 9.96. The van der Waals surface area contributed by atoms with Crippen LogP contribution in [0.1, 0.15) is 26.7 Å². The first kappa shape index (κ1) is 13.6. The molecule has 90 valence electrons. The van der Waals surface area contributed by atoms with Crippen molar-refractivity contribution in [3.05, 3.63) is 30.3 Å². The Balaban J connectivity index is 2.23. The molecule has 1 N–H and O–H groups in total. The number of aliphatic hydroxyl groups excluding tert-OH is 1. The molecule has 0 spiro atoms. The number of benzene rings is 1. The van der Waals surface area contributed by atoms with Crippen LogP contribution < -0.4 is 0 Å². The highest BCUT2D eigenvalue weighted by Crippen LogP contribution is 2.22. The minimum atomic E-state index is 0.327. The first-order chi connectivity index (χ1) is 7.72. The highest BCUT2D eigenvalue weighted by molar-refractivity contribution is 7.99. The summed E-state index contributed by atoms with van der Waals surface area (Å²) < 4.78 is 0. The van der Waals surface area contributed by atoms with Gasteiger partial charge in [0.2, 0.25) is 0 Å². The second kappa shape index (κ2) is 7.75. The van der Waals surface area contributed by atoms with Crippen LogP contribution in [0.2, 0.25) is 0 Å². The average Bonchev–Trinajstić information content (AvgIpc) is 2.28. The van der Waals surface area contributed by atoms with Gasteiger partial charge in [0.25, 0.3) is 0 Å². The molecule has 0 aliphatic heterocycles. The summed E-state index contributed by atoms with van der Waals surface area (Å²) >= 11 is 1.88. The molecule has 16 heavy (non-hydrogen) atoms. The second-order valence-corrected chi connectivity index (χ2v) is 5.80. The van der Waals surface area contributed by atoms with Crippen molar-refractivity contribution in [1.82, 2.24) is 0 Å². The summed E-state index contributed by atoms with van der Waals surface area (Å²) in [5, 5.41) is 9.26. The van der Waals surface area contributed by atoms with Crippen LogP contribution in [0.3, 0.4) is 0 Å². The van der Waals surface area contributed by atoms with Crippen molar-refractivity contribution in [2.24, 2.45) is 11.8 Å². The minimum absolute atomic E-state index is 0.327. The van der Waals surface area contributed by atoms with E-state index in [0.717, 1.165) is 18.6 Å². The van der Waals surface area contributed by atoms with Crippen LogP contribution in [0, 0.1) is 11.8 Å². The van der Waals surface area contributed by atoms with Crippen molar-refractivity contribution in [2.45, 2.75) is 31.6 Å². The van der Waals surface area contributed by atoms with Crippen LogP contribution >= 0.6 is 11.8 Å². The Morgan fingerprint density at radius 3 is 2.44 bits per heavy atom. The van der Waals surface area contributed by atoms with Crippen molar-refractivity contribution >= 4 is 11.8 Å². The molecule has 1 rings (SSSR count). The number of thioether (sulfide) groups is 1. The van der Waals surface area contributed by atoms with Gasteiger partial charge in [-0.2, -0.15) is 0 Å². The van der Waals surface area contributed by atoms with Gasteiger partial charge in [-0.05, 0) is 42.6 Å². The van der Waals surface area contributed by atoms with E-state index in [0.29, 0.717) is 18.4 Å². The molecular weight excluding hydrogens is 216 g/mol. The Morgan fingerprint density at radius 2 is 1.88 bits per heavy atom. The maximum atomic E-state index is 9.26. The fourth-order valence-electron chi connectivity index (χ4n) is 1.81. The van der Waals surface area contributed by atoms with Crippen molar-refractivity contribution in [3.8, 4) is 0 Å². The molecule has 0 radical (unpaired) electrons. The highest BCUT2D eigenvalue weighted by Gasteiger charge is 2.09. The molecule has 0 saturated carbocycles.